The van der Waals surface area contributed by atoms with Crippen LogP contribution in [-0.2, 0) is 0 Å². The number of pyridine rings is 3. The number of hydrogen-bond acceptors (Lipinski definition) is 18. The molecule has 0 saturated carbocycles. The minimum absolute atomic E-state index is 0. The first-order valence-corrected chi connectivity index (χ1v) is 22.8. The Kier molecular flexibility index (Phi) is 16.0. The molecule has 0 unspecified atom stereocenters. The lowest BCUT2D eigenvalue weighted by Crippen LogP contribution is -2.43. The van der Waals surface area contributed by atoms with Crippen LogP contribution < -0.4 is 38.5 Å². The van der Waals surface area contributed by atoms with Crippen molar-refractivity contribution in [2.24, 2.45) is 5.84 Å². The third-order valence-electron chi connectivity index (χ3n) is 8.78. The normalized spacial score (nSPS) is 10.5. The number of rotatable bonds is 6. The predicted octanol–water partition coefficient (Wildman–Crippen LogP) is 9.94. The molecule has 18 nitrogen and oxygen atoms in total. The summed E-state index contributed by atoms with van der Waals surface area (Å²) in [6.45, 7) is 5.79. The number of amides is 2. The van der Waals surface area contributed by atoms with Crippen LogP contribution in [0.1, 0.15) is 44.9 Å². The van der Waals surface area contributed by atoms with Gasteiger partial charge in [-0.3, -0.25) is 31.2 Å². The fourth-order valence-electron chi connectivity index (χ4n) is 5.53. The van der Waals surface area contributed by atoms with Gasteiger partial charge in [-0.25, -0.2) is 48.9 Å². The molecule has 0 spiro atoms. The van der Waals surface area contributed by atoms with E-state index in [4.69, 9.17) is 28.2 Å². The summed E-state index contributed by atoms with van der Waals surface area (Å²) < 4.78 is 43.6. The van der Waals surface area contributed by atoms with Crippen molar-refractivity contribution in [2.75, 3.05) is 16.4 Å². The number of benzene rings is 3. The number of nitrogens with two attached hydrogens (primary N) is 2. The van der Waals surface area contributed by atoms with Gasteiger partial charge in [-0.15, -0.1) is 5.10 Å². The Hall–Kier alpha value is -8.10. The summed E-state index contributed by atoms with van der Waals surface area (Å²) >= 11 is 9.29. The number of aromatic nitrogens is 8. The van der Waals surface area contributed by atoms with Gasteiger partial charge in [0.05, 0.1) is 0 Å². The van der Waals surface area contributed by atoms with Crippen molar-refractivity contribution in [3.63, 3.8) is 0 Å². The van der Waals surface area contributed by atoms with E-state index in [0.29, 0.717) is 38.0 Å². The molecule has 9 N–H and O–H groups in total. The second-order valence-electron chi connectivity index (χ2n) is 14.0. The summed E-state index contributed by atoms with van der Waals surface area (Å²) in [6.07, 6.45) is 0. The quantitative estimate of drug-likeness (QED) is 0.0353. The Bertz CT molecular complexity index is 3410. The molecule has 0 saturated heterocycles. The molecule has 0 aliphatic carbocycles. The van der Waals surface area contributed by atoms with Crippen molar-refractivity contribution >= 4 is 116 Å². The van der Waals surface area contributed by atoms with E-state index in [1.54, 1.807) is 12.1 Å². The minimum atomic E-state index is -0.430. The topological polar surface area (TPSA) is 263 Å². The lowest BCUT2D eigenvalue weighted by atomic mass is 10.2. The summed E-state index contributed by atoms with van der Waals surface area (Å²) in [7, 11) is 0. The standard InChI is InChI=1S/C15H12FN5OS2.C15H10FN5OS.C7H7FN2O.C7H7N3S.5H2/c1-8-2-7-11-13(17-8)24-15(18-11)19-14(23)21-20-12(22)9-3-5-10(16)6-4-9;1-8-2-7-11-13(17-8)23-15(18-11)19-14-21-20-12(22-14)9-3-5-10(16)6-4-9;8-6-3-1-5(2-4-6)7(11)10-9;1-4-2-3-5-6(9-4)11-7(8)10-5;;;;;/h2-7H,1H3,(H,20,22)(H2,18,19,21,23);2-7H,1H3,(H,18,19,21);1-4H,9H2,(H,10,11);2-3H,1H3,(H2,8,10);5*1H. The van der Waals surface area contributed by atoms with Gasteiger partial charge in [0.15, 0.2) is 20.5 Å². The number of thiazole rings is 3. The maximum Gasteiger partial charge on any atom is 0.322 e. The van der Waals surface area contributed by atoms with E-state index < -0.39 is 17.6 Å². The van der Waals surface area contributed by atoms with E-state index in [2.05, 4.69) is 61.6 Å². The maximum atomic E-state index is 12.9. The number of carbonyl (C=O) groups excluding carboxylic acids is 2. The Morgan fingerprint density at radius 3 is 1.58 bits per heavy atom. The van der Waals surface area contributed by atoms with E-state index in [9.17, 15) is 22.8 Å². The third-order valence-corrected chi connectivity index (χ3v) is 11.5. The summed E-state index contributed by atoms with van der Waals surface area (Å²) in [5.74, 6) is 3.20. The van der Waals surface area contributed by atoms with Gasteiger partial charge in [-0.2, -0.15) is 0 Å². The molecule has 10 rings (SSSR count). The molecule has 3 aromatic carbocycles. The molecule has 25 heteroatoms. The molecule has 0 radical (unpaired) electrons. The number of nitrogen functional groups attached to an aromatic ring is 2. The molecule has 0 atom stereocenters. The smallest absolute Gasteiger partial charge is 0.322 e. The molecule has 7 heterocycles. The zero-order valence-electron chi connectivity index (χ0n) is 36.1. The molecule has 0 aliphatic heterocycles. The second-order valence-corrected chi connectivity index (χ2v) is 17.4. The molecule has 0 fully saturated rings. The van der Waals surface area contributed by atoms with Crippen LogP contribution in [-0.4, -0.2) is 57.0 Å². The van der Waals surface area contributed by atoms with Gasteiger partial charge >= 0.3 is 6.01 Å². The van der Waals surface area contributed by atoms with Crippen LogP contribution >= 0.6 is 46.2 Å². The molecule has 2 amide bonds. The first-order valence-electron chi connectivity index (χ1n) is 19.9. The van der Waals surface area contributed by atoms with Crippen molar-refractivity contribution in [2.45, 2.75) is 20.8 Å². The summed E-state index contributed by atoms with van der Waals surface area (Å²) in [4.78, 5) is 51.1. The van der Waals surface area contributed by atoms with Crippen molar-refractivity contribution in [1.82, 2.24) is 56.4 Å². The Morgan fingerprint density at radius 1 is 0.580 bits per heavy atom. The zero-order valence-corrected chi connectivity index (χ0v) is 39.4. The number of aryl methyl sites for hydroxylation is 3. The fraction of sp³-hybridized carbons (Fsp3) is 0.0682. The van der Waals surface area contributed by atoms with Crippen LogP contribution in [0, 0.1) is 38.2 Å². The molecule has 0 aliphatic rings. The monoisotopic (exact) mass is 1020 g/mol. The number of carbonyl (C=O) groups is 2. The van der Waals surface area contributed by atoms with Crippen molar-refractivity contribution in [1.29, 1.82) is 0 Å². The van der Waals surface area contributed by atoms with Gasteiger partial charge in [0.2, 0.25) is 5.89 Å². The predicted molar refractivity (Wildman–Crippen MR) is 276 cm³/mol. The Balaban J connectivity index is 0.000000349. The van der Waals surface area contributed by atoms with Crippen LogP contribution in [0.4, 0.5) is 34.6 Å². The highest BCUT2D eigenvalue weighted by Gasteiger charge is 2.13. The number of thiocarbonyl (C=S) groups is 1. The lowest BCUT2D eigenvalue weighted by molar-refractivity contribution is 0.0939. The SMILES string of the molecule is Cc1ccc2nc(N)sc2n1.Cc1ccc2nc(NC(=S)NNC(=O)c3ccc(F)cc3)sc2n1.Cc1ccc2nc(Nc3nnc(-c4ccc(F)cc4)o3)sc2n1.NNC(=O)c1ccc(F)cc1.[HH].[HH].[HH].[HH].[HH]. The molecule has 360 valence electrons. The zero-order chi connectivity index (χ0) is 49.0. The summed E-state index contributed by atoms with van der Waals surface area (Å²) in [5.41, 5.74) is 19.1. The third kappa shape index (κ3) is 13.7. The average Bonchev–Trinajstić information content (AvgIpc) is 4.14. The van der Waals surface area contributed by atoms with Crippen molar-refractivity contribution in [3.05, 3.63) is 155 Å². The summed E-state index contributed by atoms with van der Waals surface area (Å²) in [5, 5.41) is 15.7. The molecular weight excluding hydrogens is 972 g/mol. The Morgan fingerprint density at radius 2 is 1.04 bits per heavy atom. The number of halogens is 3. The van der Waals surface area contributed by atoms with Gasteiger partial charge in [0.25, 0.3) is 11.8 Å². The second kappa shape index (κ2) is 22.6. The van der Waals surface area contributed by atoms with Gasteiger partial charge in [-0.05, 0) is 142 Å². The molecule has 69 heavy (non-hydrogen) atoms. The van der Waals surface area contributed by atoms with E-state index in [-0.39, 0.29) is 29.9 Å². The van der Waals surface area contributed by atoms with Crippen LogP contribution in [0.2, 0.25) is 0 Å². The van der Waals surface area contributed by atoms with E-state index in [0.717, 1.165) is 48.1 Å². The first-order chi connectivity index (χ1) is 33.2. The van der Waals surface area contributed by atoms with Crippen LogP contribution in [0.25, 0.3) is 42.5 Å². The number of anilines is 4. The molecule has 7 aromatic heterocycles. The van der Waals surface area contributed by atoms with Crippen molar-refractivity contribution in [3.8, 4) is 11.5 Å². The highest BCUT2D eigenvalue weighted by molar-refractivity contribution is 7.80. The van der Waals surface area contributed by atoms with E-state index >= 15 is 0 Å². The number of hydrogen-bond donors (Lipinski definition) is 7. The van der Waals surface area contributed by atoms with Crippen LogP contribution in [0.15, 0.2) is 114 Å². The Labute approximate surface area is 413 Å². The van der Waals surface area contributed by atoms with Crippen molar-refractivity contribution < 1.29 is 34.3 Å². The number of hydrazine groups is 2. The summed E-state index contributed by atoms with van der Waals surface area (Å²) in [6, 6.07) is 27.8. The minimum Gasteiger partial charge on any atom is -0.403 e. The van der Waals surface area contributed by atoms with Gasteiger partial charge in [-0.1, -0.05) is 39.1 Å². The highest BCUT2D eigenvalue weighted by atomic mass is 32.1. The maximum absolute atomic E-state index is 12.9. The van der Waals surface area contributed by atoms with E-state index in [1.807, 2.05) is 62.6 Å². The number of nitrogens with one attached hydrogen (secondary N) is 5. The van der Waals surface area contributed by atoms with Gasteiger partial charge < -0.3 is 15.5 Å². The number of nitrogens with zero attached hydrogens (tertiary/aromatic N) is 8. The molecule has 10 aromatic rings. The van der Waals surface area contributed by atoms with Gasteiger partial charge in [0.1, 0.15) is 48.5 Å². The van der Waals surface area contributed by atoms with Crippen LogP contribution in [0.3, 0.4) is 0 Å². The fourth-order valence-corrected chi connectivity index (χ4v) is 8.25. The first kappa shape index (κ1) is 48.8. The highest BCUT2D eigenvalue weighted by Crippen LogP contribution is 2.29. The molecular formula is C44H46F3N15O3S4. The lowest BCUT2D eigenvalue weighted by Gasteiger charge is -2.09. The van der Waals surface area contributed by atoms with E-state index in [1.165, 1.54) is 94.7 Å². The van der Waals surface area contributed by atoms with Crippen LogP contribution in [0.5, 0.6) is 0 Å². The largest absolute Gasteiger partial charge is 0.403 e. The molecule has 0 bridgehead atoms. The average molecular weight is 1020 g/mol. The number of fused-ring (bicyclic) bond motifs is 3. The van der Waals surface area contributed by atoms with Gasteiger partial charge in [0, 0.05) is 40.9 Å².